The van der Waals surface area contributed by atoms with Crippen LogP contribution >= 0.6 is 0 Å². The molecule has 1 aromatic carbocycles. The SMILES string of the molecule is CN(CCC1CCCN1)c1ccc2ncoc2c1. The zero-order valence-corrected chi connectivity index (χ0v) is 10.7. The van der Waals surface area contributed by atoms with Gasteiger partial charge in [-0.25, -0.2) is 4.98 Å². The predicted molar refractivity (Wildman–Crippen MR) is 72.9 cm³/mol. The molecule has 0 amide bonds. The molecule has 0 saturated carbocycles. The largest absolute Gasteiger partial charge is 0.443 e. The number of rotatable bonds is 4. The summed E-state index contributed by atoms with van der Waals surface area (Å²) in [4.78, 5) is 6.41. The lowest BCUT2D eigenvalue weighted by atomic mass is 10.1. The van der Waals surface area contributed by atoms with Crippen LogP contribution in [0.2, 0.25) is 0 Å². The molecule has 2 heterocycles. The Morgan fingerprint density at radius 2 is 2.44 bits per heavy atom. The van der Waals surface area contributed by atoms with Crippen LogP contribution in [-0.2, 0) is 0 Å². The predicted octanol–water partition coefficient (Wildman–Crippen LogP) is 2.41. The molecular formula is C14H19N3O. The van der Waals surface area contributed by atoms with E-state index in [-0.39, 0.29) is 0 Å². The summed E-state index contributed by atoms with van der Waals surface area (Å²) < 4.78 is 5.34. The highest BCUT2D eigenvalue weighted by Gasteiger charge is 2.14. The first kappa shape index (κ1) is 11.5. The van der Waals surface area contributed by atoms with Crippen molar-refractivity contribution in [3.05, 3.63) is 24.6 Å². The summed E-state index contributed by atoms with van der Waals surface area (Å²) in [5, 5.41) is 3.53. The van der Waals surface area contributed by atoms with Crippen molar-refractivity contribution in [3.8, 4) is 0 Å². The highest BCUT2D eigenvalue weighted by Crippen LogP contribution is 2.21. The van der Waals surface area contributed by atoms with Gasteiger partial charge in [0.05, 0.1) is 0 Å². The molecule has 1 unspecified atom stereocenters. The second-order valence-electron chi connectivity index (χ2n) is 5.01. The lowest BCUT2D eigenvalue weighted by Gasteiger charge is -2.21. The summed E-state index contributed by atoms with van der Waals surface area (Å²) in [7, 11) is 2.13. The van der Waals surface area contributed by atoms with Gasteiger partial charge in [-0.1, -0.05) is 0 Å². The average molecular weight is 245 g/mol. The zero-order chi connectivity index (χ0) is 12.4. The molecule has 1 aliphatic rings. The normalized spacial score (nSPS) is 19.5. The number of nitrogens with one attached hydrogen (secondary N) is 1. The van der Waals surface area contributed by atoms with Crippen LogP contribution < -0.4 is 10.2 Å². The Hall–Kier alpha value is -1.55. The van der Waals surface area contributed by atoms with Crippen LogP contribution in [0.15, 0.2) is 29.0 Å². The minimum Gasteiger partial charge on any atom is -0.443 e. The molecule has 0 radical (unpaired) electrons. The molecule has 1 atom stereocenters. The average Bonchev–Trinajstić information content (AvgIpc) is 3.05. The smallest absolute Gasteiger partial charge is 0.181 e. The van der Waals surface area contributed by atoms with Crippen molar-refractivity contribution in [1.29, 1.82) is 0 Å². The molecule has 1 saturated heterocycles. The van der Waals surface area contributed by atoms with Gasteiger partial charge >= 0.3 is 0 Å². The molecular weight excluding hydrogens is 226 g/mol. The zero-order valence-electron chi connectivity index (χ0n) is 10.7. The molecule has 3 rings (SSSR count). The highest BCUT2D eigenvalue weighted by atomic mass is 16.3. The second kappa shape index (κ2) is 4.98. The summed E-state index contributed by atoms with van der Waals surface area (Å²) in [5.41, 5.74) is 2.97. The maximum Gasteiger partial charge on any atom is 0.181 e. The van der Waals surface area contributed by atoms with Crippen molar-refractivity contribution < 1.29 is 4.42 Å². The molecule has 18 heavy (non-hydrogen) atoms. The van der Waals surface area contributed by atoms with Crippen LogP contribution in [0.4, 0.5) is 5.69 Å². The molecule has 1 aromatic heterocycles. The standard InChI is InChI=1S/C14H19N3O/c1-17(8-6-11-3-2-7-15-11)12-4-5-13-14(9-12)18-10-16-13/h4-5,9-11,15H,2-3,6-8H2,1H3. The molecule has 1 fully saturated rings. The van der Waals surface area contributed by atoms with E-state index >= 15 is 0 Å². The van der Waals surface area contributed by atoms with Crippen LogP contribution in [0.1, 0.15) is 19.3 Å². The molecule has 1 aliphatic heterocycles. The van der Waals surface area contributed by atoms with Gasteiger partial charge in [0.2, 0.25) is 0 Å². The molecule has 96 valence electrons. The third-order valence-corrected chi connectivity index (χ3v) is 3.73. The lowest BCUT2D eigenvalue weighted by Crippen LogP contribution is -2.28. The monoisotopic (exact) mass is 245 g/mol. The summed E-state index contributed by atoms with van der Waals surface area (Å²) in [6, 6.07) is 6.87. The highest BCUT2D eigenvalue weighted by molar-refractivity contribution is 5.76. The lowest BCUT2D eigenvalue weighted by molar-refractivity contribution is 0.559. The van der Waals surface area contributed by atoms with Gasteiger partial charge in [0.15, 0.2) is 12.0 Å². The number of anilines is 1. The van der Waals surface area contributed by atoms with E-state index in [4.69, 9.17) is 4.42 Å². The van der Waals surface area contributed by atoms with Gasteiger partial charge in [-0.15, -0.1) is 0 Å². The first-order valence-electron chi connectivity index (χ1n) is 6.61. The number of hydrogen-bond acceptors (Lipinski definition) is 4. The first-order chi connectivity index (χ1) is 8.83. The Morgan fingerprint density at radius 1 is 1.50 bits per heavy atom. The molecule has 0 bridgehead atoms. The first-order valence-corrected chi connectivity index (χ1v) is 6.61. The molecule has 4 nitrogen and oxygen atoms in total. The van der Waals surface area contributed by atoms with E-state index in [1.807, 2.05) is 6.07 Å². The van der Waals surface area contributed by atoms with Gasteiger partial charge in [0.25, 0.3) is 0 Å². The fourth-order valence-corrected chi connectivity index (χ4v) is 2.56. The third kappa shape index (κ3) is 2.34. The number of hydrogen-bond donors (Lipinski definition) is 1. The maximum atomic E-state index is 5.34. The summed E-state index contributed by atoms with van der Waals surface area (Å²) in [6.07, 6.45) is 5.33. The number of benzene rings is 1. The maximum absolute atomic E-state index is 5.34. The van der Waals surface area contributed by atoms with E-state index in [1.165, 1.54) is 37.9 Å². The van der Waals surface area contributed by atoms with E-state index in [9.17, 15) is 0 Å². The Morgan fingerprint density at radius 3 is 3.28 bits per heavy atom. The Kier molecular flexibility index (Phi) is 3.19. The van der Waals surface area contributed by atoms with E-state index in [0.29, 0.717) is 6.04 Å². The van der Waals surface area contributed by atoms with Gasteiger partial charge in [-0.3, -0.25) is 0 Å². The summed E-state index contributed by atoms with van der Waals surface area (Å²) in [6.45, 7) is 2.25. The van der Waals surface area contributed by atoms with Gasteiger partial charge < -0.3 is 14.6 Å². The van der Waals surface area contributed by atoms with Gasteiger partial charge in [-0.05, 0) is 37.9 Å². The molecule has 2 aromatic rings. The van der Waals surface area contributed by atoms with E-state index in [0.717, 1.165) is 17.6 Å². The number of nitrogens with zero attached hydrogens (tertiary/aromatic N) is 2. The van der Waals surface area contributed by atoms with Crippen molar-refractivity contribution in [3.63, 3.8) is 0 Å². The van der Waals surface area contributed by atoms with Crippen LogP contribution in [0, 0.1) is 0 Å². The minimum absolute atomic E-state index is 0.696. The Balaban J connectivity index is 1.65. The van der Waals surface area contributed by atoms with Crippen LogP contribution in [-0.4, -0.2) is 31.2 Å². The number of aromatic nitrogens is 1. The van der Waals surface area contributed by atoms with Crippen LogP contribution in [0.25, 0.3) is 11.1 Å². The van der Waals surface area contributed by atoms with E-state index < -0.39 is 0 Å². The van der Waals surface area contributed by atoms with E-state index in [2.05, 4.69) is 34.4 Å². The van der Waals surface area contributed by atoms with Crippen molar-refractivity contribution in [2.24, 2.45) is 0 Å². The topological polar surface area (TPSA) is 41.3 Å². The van der Waals surface area contributed by atoms with Crippen molar-refractivity contribution in [2.75, 3.05) is 25.0 Å². The minimum atomic E-state index is 0.696. The van der Waals surface area contributed by atoms with Gasteiger partial charge in [0, 0.05) is 31.4 Å². The molecule has 1 N–H and O–H groups in total. The van der Waals surface area contributed by atoms with Crippen molar-refractivity contribution >= 4 is 16.8 Å². The van der Waals surface area contributed by atoms with E-state index in [1.54, 1.807) is 0 Å². The van der Waals surface area contributed by atoms with Crippen LogP contribution in [0.3, 0.4) is 0 Å². The number of fused-ring (bicyclic) bond motifs is 1. The summed E-state index contributed by atoms with van der Waals surface area (Å²) in [5.74, 6) is 0. The Bertz CT molecular complexity index is 516. The summed E-state index contributed by atoms with van der Waals surface area (Å²) >= 11 is 0. The molecule has 0 aliphatic carbocycles. The number of oxazole rings is 1. The quantitative estimate of drug-likeness (QED) is 0.898. The molecule has 0 spiro atoms. The van der Waals surface area contributed by atoms with Crippen molar-refractivity contribution in [2.45, 2.75) is 25.3 Å². The second-order valence-corrected chi connectivity index (χ2v) is 5.01. The fraction of sp³-hybridized carbons (Fsp3) is 0.500. The fourth-order valence-electron chi connectivity index (χ4n) is 2.56. The molecule has 4 heteroatoms. The van der Waals surface area contributed by atoms with Crippen LogP contribution in [0.5, 0.6) is 0 Å². The third-order valence-electron chi connectivity index (χ3n) is 3.73. The Labute approximate surface area is 107 Å². The van der Waals surface area contributed by atoms with Crippen molar-refractivity contribution in [1.82, 2.24) is 10.3 Å². The van der Waals surface area contributed by atoms with Gasteiger partial charge in [-0.2, -0.15) is 0 Å². The van der Waals surface area contributed by atoms with Gasteiger partial charge in [0.1, 0.15) is 5.52 Å².